The van der Waals surface area contributed by atoms with Crippen molar-refractivity contribution in [1.82, 2.24) is 10.9 Å². The van der Waals surface area contributed by atoms with Crippen molar-refractivity contribution in [2.45, 2.75) is 6.92 Å². The lowest BCUT2D eigenvalue weighted by Crippen LogP contribution is -2.34. The molecular weight excluding hydrogens is 384 g/mol. The summed E-state index contributed by atoms with van der Waals surface area (Å²) in [6, 6.07) is 9.27. The monoisotopic (exact) mass is 402 g/mol. The van der Waals surface area contributed by atoms with Gasteiger partial charge in [0.1, 0.15) is 0 Å². The minimum atomic E-state index is -1.06. The molecule has 2 aromatic rings. The van der Waals surface area contributed by atoms with Crippen molar-refractivity contribution in [3.63, 3.8) is 0 Å². The largest absolute Gasteiger partial charge is 0.478 e. The van der Waals surface area contributed by atoms with Crippen molar-refractivity contribution in [2.75, 3.05) is 0 Å². The van der Waals surface area contributed by atoms with Crippen molar-refractivity contribution < 1.29 is 34.2 Å². The molecule has 0 aromatic heterocycles. The van der Waals surface area contributed by atoms with Crippen molar-refractivity contribution >= 4 is 29.5 Å². The fraction of sp³-hybridized carbons (Fsp3) is 0.0556. The molecule has 2 aromatic carbocycles. The molecule has 0 aliphatic rings. The normalized spacial score (nSPS) is 9.48. The third kappa shape index (κ3) is 5.95. The molecule has 0 spiro atoms. The highest BCUT2D eigenvalue weighted by Gasteiger charge is 2.20. The maximum atomic E-state index is 11.5. The van der Waals surface area contributed by atoms with Crippen LogP contribution in [-0.4, -0.2) is 39.7 Å². The van der Waals surface area contributed by atoms with E-state index in [0.717, 1.165) is 0 Å². The molecule has 0 radical (unpaired) electrons. The molecule has 11 heteroatoms. The van der Waals surface area contributed by atoms with E-state index in [2.05, 4.69) is 0 Å². The molecule has 2 rings (SSSR count). The van der Waals surface area contributed by atoms with Crippen LogP contribution in [0.4, 0.5) is 0 Å². The Labute approximate surface area is 164 Å². The molecule has 0 saturated carbocycles. The van der Waals surface area contributed by atoms with Gasteiger partial charge in [-0.05, 0) is 43.3 Å². The van der Waals surface area contributed by atoms with E-state index in [1.807, 2.05) is 10.9 Å². The van der Waals surface area contributed by atoms with Gasteiger partial charge in [-0.1, -0.05) is 6.07 Å². The molecule has 0 bridgehead atoms. The lowest BCUT2D eigenvalue weighted by molar-refractivity contribution is 0.0681. The van der Waals surface area contributed by atoms with Gasteiger partial charge < -0.3 is 10.2 Å². The third-order valence-corrected chi connectivity index (χ3v) is 3.55. The van der Waals surface area contributed by atoms with Gasteiger partial charge in [-0.25, -0.2) is 21.3 Å². The van der Waals surface area contributed by atoms with Crippen LogP contribution >= 0.6 is 0 Å². The van der Waals surface area contributed by atoms with Crippen molar-refractivity contribution in [3.8, 4) is 0 Å². The maximum absolute atomic E-state index is 11.5. The number of hydrogen-bond acceptors (Lipinski definition) is 7. The molecule has 0 fully saturated rings. The number of carboxylic acid groups (broad SMARTS) is 2. The average Bonchev–Trinajstić information content (AvgIpc) is 2.72. The first-order chi connectivity index (χ1) is 13.6. The van der Waals surface area contributed by atoms with Crippen LogP contribution in [0, 0.1) is 0 Å². The second-order valence-electron chi connectivity index (χ2n) is 5.42. The van der Waals surface area contributed by atoms with Gasteiger partial charge in [0.15, 0.2) is 5.78 Å². The Morgan fingerprint density at radius 2 is 1.07 bits per heavy atom. The number of hydrazine groups is 2. The number of amides is 2. The molecule has 0 aliphatic carbocycles. The van der Waals surface area contributed by atoms with Crippen LogP contribution in [0.3, 0.4) is 0 Å². The number of nitrogens with two attached hydrogens (primary N) is 2. The van der Waals surface area contributed by atoms with Crippen LogP contribution in [0.25, 0.3) is 0 Å². The number of nitrogen functional groups attached to an aromatic ring is 2. The zero-order valence-electron chi connectivity index (χ0n) is 15.1. The van der Waals surface area contributed by atoms with E-state index < -0.39 is 29.5 Å². The van der Waals surface area contributed by atoms with Gasteiger partial charge in [0.25, 0.3) is 11.8 Å². The first kappa shape index (κ1) is 23.0. The zero-order valence-corrected chi connectivity index (χ0v) is 15.1. The molecule has 29 heavy (non-hydrogen) atoms. The highest BCUT2D eigenvalue weighted by atomic mass is 16.4. The van der Waals surface area contributed by atoms with Crippen molar-refractivity contribution in [1.29, 1.82) is 0 Å². The lowest BCUT2D eigenvalue weighted by atomic mass is 9.97. The van der Waals surface area contributed by atoms with Crippen LogP contribution in [0.1, 0.15) is 58.7 Å². The third-order valence-electron chi connectivity index (χ3n) is 3.55. The number of carboxylic acids is 2. The van der Waals surface area contributed by atoms with Gasteiger partial charge in [-0.3, -0.25) is 25.2 Å². The highest BCUT2D eigenvalue weighted by molar-refractivity contribution is 6.14. The minimum absolute atomic E-state index is 0.0154. The highest BCUT2D eigenvalue weighted by Crippen LogP contribution is 2.16. The Bertz CT molecular complexity index is 888. The predicted octanol–water partition coefficient (Wildman–Crippen LogP) is 0.179. The van der Waals surface area contributed by atoms with Gasteiger partial charge >= 0.3 is 11.9 Å². The van der Waals surface area contributed by atoms with Crippen molar-refractivity contribution in [2.24, 2.45) is 11.7 Å². The standard InChI is InChI=1S/C10H12N4O3.C8H6O4/c1-5(15)8-6(9(16)13-11)3-2-4-7(8)10(17)14-12;9-7(10)5-1-2-6(4-3-5)8(11)12/h2-4H,11-12H2,1H3,(H,13,16)(H,14,17);1-4H,(H,9,10)(H,11,12). The molecule has 11 nitrogen and oxygen atoms in total. The Morgan fingerprint density at radius 3 is 1.31 bits per heavy atom. The van der Waals surface area contributed by atoms with Gasteiger partial charge in [0, 0.05) is 5.56 Å². The van der Waals surface area contributed by atoms with Crippen LogP contribution < -0.4 is 22.5 Å². The van der Waals surface area contributed by atoms with E-state index in [-0.39, 0.29) is 27.8 Å². The van der Waals surface area contributed by atoms with Crippen LogP contribution in [-0.2, 0) is 0 Å². The van der Waals surface area contributed by atoms with E-state index in [9.17, 15) is 24.0 Å². The molecule has 152 valence electrons. The number of benzene rings is 2. The van der Waals surface area contributed by atoms with E-state index in [0.29, 0.717) is 0 Å². The van der Waals surface area contributed by atoms with Gasteiger partial charge in [0.2, 0.25) is 0 Å². The SMILES string of the molecule is CC(=O)c1c(C(=O)NN)cccc1C(=O)NN.O=C(O)c1ccc(C(=O)O)cc1. The average molecular weight is 402 g/mol. The molecule has 2 amide bonds. The Balaban J connectivity index is 0.000000308. The Hall–Kier alpha value is -4.09. The first-order valence-electron chi connectivity index (χ1n) is 7.86. The summed E-state index contributed by atoms with van der Waals surface area (Å²) < 4.78 is 0. The zero-order chi connectivity index (χ0) is 22.1. The molecule has 0 atom stereocenters. The topological polar surface area (TPSA) is 202 Å². The summed E-state index contributed by atoms with van der Waals surface area (Å²) in [7, 11) is 0. The number of nitrogens with one attached hydrogen (secondary N) is 2. The number of Topliss-reactive ketones (excluding diaryl/α,β-unsaturated/α-hetero) is 1. The van der Waals surface area contributed by atoms with E-state index in [1.165, 1.54) is 49.4 Å². The summed E-state index contributed by atoms with van der Waals surface area (Å²) in [5.41, 5.74) is 4.02. The number of aromatic carboxylic acids is 2. The van der Waals surface area contributed by atoms with E-state index in [1.54, 1.807) is 0 Å². The predicted molar refractivity (Wildman–Crippen MR) is 100 cm³/mol. The summed E-state index contributed by atoms with van der Waals surface area (Å²) in [6.45, 7) is 1.25. The van der Waals surface area contributed by atoms with Crippen molar-refractivity contribution in [3.05, 3.63) is 70.3 Å². The van der Waals surface area contributed by atoms with E-state index in [4.69, 9.17) is 21.9 Å². The molecule has 0 heterocycles. The number of rotatable bonds is 5. The van der Waals surface area contributed by atoms with Crippen LogP contribution in [0.2, 0.25) is 0 Å². The van der Waals surface area contributed by atoms with Gasteiger partial charge in [0.05, 0.1) is 22.3 Å². The quantitative estimate of drug-likeness (QED) is 0.174. The summed E-state index contributed by atoms with van der Waals surface area (Å²) >= 11 is 0. The summed E-state index contributed by atoms with van der Waals surface area (Å²) in [5.74, 6) is 6.14. The molecule has 0 unspecified atom stereocenters. The van der Waals surface area contributed by atoms with Gasteiger partial charge in [-0.15, -0.1) is 0 Å². The van der Waals surface area contributed by atoms with Gasteiger partial charge in [-0.2, -0.15) is 0 Å². The number of carbonyl (C=O) groups excluding carboxylic acids is 3. The maximum Gasteiger partial charge on any atom is 0.335 e. The van der Waals surface area contributed by atoms with E-state index >= 15 is 0 Å². The Kier molecular flexibility index (Phi) is 8.15. The minimum Gasteiger partial charge on any atom is -0.478 e. The van der Waals surface area contributed by atoms with Crippen LogP contribution in [0.15, 0.2) is 42.5 Å². The number of ketones is 1. The second-order valence-corrected chi connectivity index (χ2v) is 5.42. The fourth-order valence-corrected chi connectivity index (χ4v) is 2.22. The summed E-state index contributed by atoms with van der Waals surface area (Å²) in [5, 5.41) is 16.9. The number of carbonyl (C=O) groups is 5. The number of hydrogen-bond donors (Lipinski definition) is 6. The smallest absolute Gasteiger partial charge is 0.335 e. The fourth-order valence-electron chi connectivity index (χ4n) is 2.22. The molecule has 8 N–H and O–H groups in total. The second kappa shape index (κ2) is 10.3. The summed E-state index contributed by atoms with van der Waals surface area (Å²) in [4.78, 5) is 55.1. The summed E-state index contributed by atoms with van der Waals surface area (Å²) in [6.07, 6.45) is 0. The van der Waals surface area contributed by atoms with Crippen LogP contribution in [0.5, 0.6) is 0 Å². The molecule has 0 saturated heterocycles. The first-order valence-corrected chi connectivity index (χ1v) is 7.86. The Morgan fingerprint density at radius 1 is 0.724 bits per heavy atom. The molecule has 0 aliphatic heterocycles. The lowest BCUT2D eigenvalue weighted by Gasteiger charge is -2.10. The molecular formula is C18H18N4O7.